The van der Waals surface area contributed by atoms with Gasteiger partial charge in [0.2, 0.25) is 5.91 Å². The van der Waals surface area contributed by atoms with E-state index < -0.39 is 5.60 Å². The SMILES string of the molecule is CCN1CCc2[nH]cnc2C12CCN(C(=O)C1CC(=O)OC13CCCC3)CC2. The molecule has 4 heterocycles. The number of aromatic amines is 1. The average Bonchev–Trinajstić information content (AvgIpc) is 3.43. The Morgan fingerprint density at radius 1 is 1.25 bits per heavy atom. The smallest absolute Gasteiger partial charge is 0.307 e. The fourth-order valence-electron chi connectivity index (χ4n) is 6.28. The van der Waals surface area contributed by atoms with Gasteiger partial charge in [-0.05, 0) is 45.1 Å². The van der Waals surface area contributed by atoms with E-state index in [1.165, 1.54) is 11.4 Å². The Labute approximate surface area is 165 Å². The second-order valence-corrected chi connectivity index (χ2v) is 8.92. The third-order valence-electron chi connectivity index (χ3n) is 7.75. The number of carbonyl (C=O) groups excluding carboxylic acids is 2. The lowest BCUT2D eigenvalue weighted by Crippen LogP contribution is -2.58. The highest BCUT2D eigenvalue weighted by atomic mass is 16.6. The predicted octanol–water partition coefficient (Wildman–Crippen LogP) is 1.98. The number of aromatic nitrogens is 2. The lowest BCUT2D eigenvalue weighted by Gasteiger charge is -2.50. The molecule has 7 heteroatoms. The number of fused-ring (bicyclic) bond motifs is 2. The van der Waals surface area contributed by atoms with Crippen LogP contribution in [0, 0.1) is 5.92 Å². The van der Waals surface area contributed by atoms with E-state index in [0.29, 0.717) is 0 Å². The molecule has 1 atom stereocenters. The first-order chi connectivity index (χ1) is 13.6. The van der Waals surface area contributed by atoms with Crippen molar-refractivity contribution in [3.8, 4) is 0 Å². The highest BCUT2D eigenvalue weighted by Gasteiger charge is 2.56. The summed E-state index contributed by atoms with van der Waals surface area (Å²) in [5.41, 5.74) is 1.86. The second kappa shape index (κ2) is 6.58. The minimum absolute atomic E-state index is 0.0633. The highest BCUT2D eigenvalue weighted by molar-refractivity contribution is 5.88. The van der Waals surface area contributed by atoms with E-state index >= 15 is 0 Å². The largest absolute Gasteiger partial charge is 0.458 e. The van der Waals surface area contributed by atoms with Crippen LogP contribution in [-0.2, 0) is 26.3 Å². The van der Waals surface area contributed by atoms with Crippen LogP contribution in [0.15, 0.2) is 6.33 Å². The average molecular weight is 386 g/mol. The summed E-state index contributed by atoms with van der Waals surface area (Å²) in [6.07, 6.45) is 8.66. The van der Waals surface area contributed by atoms with Crippen LogP contribution in [0.25, 0.3) is 0 Å². The molecule has 5 rings (SSSR count). The number of ether oxygens (including phenoxy) is 1. The summed E-state index contributed by atoms with van der Waals surface area (Å²) in [5, 5.41) is 0. The summed E-state index contributed by atoms with van der Waals surface area (Å²) < 4.78 is 5.71. The van der Waals surface area contributed by atoms with Gasteiger partial charge in [0.1, 0.15) is 5.60 Å². The van der Waals surface area contributed by atoms with Crippen LogP contribution in [0.4, 0.5) is 0 Å². The lowest BCUT2D eigenvalue weighted by atomic mass is 9.78. The molecule has 1 N–H and O–H groups in total. The van der Waals surface area contributed by atoms with Gasteiger partial charge in [0, 0.05) is 31.7 Å². The first kappa shape index (κ1) is 18.2. The van der Waals surface area contributed by atoms with E-state index in [0.717, 1.165) is 71.1 Å². The molecule has 1 saturated carbocycles. The molecular weight excluding hydrogens is 356 g/mol. The van der Waals surface area contributed by atoms with Crippen molar-refractivity contribution in [2.24, 2.45) is 5.92 Å². The quantitative estimate of drug-likeness (QED) is 0.787. The Morgan fingerprint density at radius 2 is 2.00 bits per heavy atom. The zero-order valence-corrected chi connectivity index (χ0v) is 16.7. The van der Waals surface area contributed by atoms with E-state index in [4.69, 9.17) is 4.74 Å². The number of imidazole rings is 1. The van der Waals surface area contributed by atoms with Crippen LogP contribution < -0.4 is 0 Å². The maximum Gasteiger partial charge on any atom is 0.307 e. The zero-order valence-electron chi connectivity index (χ0n) is 16.7. The number of likely N-dealkylation sites (N-methyl/N-ethyl adjacent to an activating group) is 1. The van der Waals surface area contributed by atoms with Crippen molar-refractivity contribution in [2.75, 3.05) is 26.2 Å². The summed E-state index contributed by atoms with van der Waals surface area (Å²) in [6.45, 7) is 5.69. The van der Waals surface area contributed by atoms with Crippen LogP contribution in [0.1, 0.15) is 63.3 Å². The number of carbonyl (C=O) groups is 2. The number of nitrogens with one attached hydrogen (secondary N) is 1. The Hall–Kier alpha value is -1.89. The van der Waals surface area contributed by atoms with Crippen molar-refractivity contribution in [3.05, 3.63) is 17.7 Å². The number of rotatable bonds is 2. The first-order valence-corrected chi connectivity index (χ1v) is 10.9. The van der Waals surface area contributed by atoms with Crippen LogP contribution in [-0.4, -0.2) is 63.4 Å². The summed E-state index contributed by atoms with van der Waals surface area (Å²) >= 11 is 0. The Kier molecular flexibility index (Phi) is 4.27. The third-order valence-corrected chi connectivity index (χ3v) is 7.75. The summed E-state index contributed by atoms with van der Waals surface area (Å²) in [5.74, 6) is -0.353. The second-order valence-electron chi connectivity index (χ2n) is 8.92. The van der Waals surface area contributed by atoms with Gasteiger partial charge in [0.05, 0.1) is 29.9 Å². The molecule has 0 radical (unpaired) electrons. The van der Waals surface area contributed by atoms with E-state index in [1.54, 1.807) is 0 Å². The van der Waals surface area contributed by atoms with Crippen LogP contribution in [0.3, 0.4) is 0 Å². The molecule has 2 saturated heterocycles. The highest BCUT2D eigenvalue weighted by Crippen LogP contribution is 2.47. The monoisotopic (exact) mass is 386 g/mol. The van der Waals surface area contributed by atoms with Crippen molar-refractivity contribution in [3.63, 3.8) is 0 Å². The zero-order chi connectivity index (χ0) is 19.4. The van der Waals surface area contributed by atoms with Gasteiger partial charge < -0.3 is 14.6 Å². The molecule has 4 aliphatic rings. The number of piperidine rings is 1. The molecule has 3 aliphatic heterocycles. The molecule has 1 unspecified atom stereocenters. The van der Waals surface area contributed by atoms with Gasteiger partial charge in [-0.2, -0.15) is 0 Å². The van der Waals surface area contributed by atoms with Crippen molar-refractivity contribution >= 4 is 11.9 Å². The van der Waals surface area contributed by atoms with Crippen LogP contribution in [0.2, 0.25) is 0 Å². The molecule has 152 valence electrons. The van der Waals surface area contributed by atoms with Gasteiger partial charge in [-0.3, -0.25) is 14.5 Å². The number of hydrogen-bond donors (Lipinski definition) is 1. The standard InChI is InChI=1S/C21H30N4O3/c1-2-25-10-5-16-18(23-14-22-16)20(25)8-11-24(12-9-20)19(27)15-13-17(26)28-21(15)6-3-4-7-21/h14-15H,2-13H2,1H3,(H,22,23). The van der Waals surface area contributed by atoms with Gasteiger partial charge in [-0.1, -0.05) is 6.92 Å². The van der Waals surface area contributed by atoms with Crippen molar-refractivity contribution in [1.82, 2.24) is 19.8 Å². The molecule has 1 aromatic heterocycles. The predicted molar refractivity (Wildman–Crippen MR) is 102 cm³/mol. The lowest BCUT2D eigenvalue weighted by molar-refractivity contribution is -0.152. The Bertz CT molecular complexity index is 774. The van der Waals surface area contributed by atoms with Crippen LogP contribution >= 0.6 is 0 Å². The Morgan fingerprint density at radius 3 is 2.71 bits per heavy atom. The van der Waals surface area contributed by atoms with E-state index in [-0.39, 0.29) is 29.8 Å². The maximum atomic E-state index is 13.4. The number of H-pyrrole nitrogens is 1. The van der Waals surface area contributed by atoms with Gasteiger partial charge in [0.25, 0.3) is 0 Å². The van der Waals surface area contributed by atoms with Gasteiger partial charge >= 0.3 is 5.97 Å². The topological polar surface area (TPSA) is 78.5 Å². The molecule has 1 amide bonds. The number of esters is 1. The van der Waals surface area contributed by atoms with Gasteiger partial charge in [-0.25, -0.2) is 4.98 Å². The maximum absolute atomic E-state index is 13.4. The van der Waals surface area contributed by atoms with Crippen LogP contribution in [0.5, 0.6) is 0 Å². The molecule has 1 aromatic rings. The molecule has 0 aromatic carbocycles. The van der Waals surface area contributed by atoms with E-state index in [2.05, 4.69) is 21.8 Å². The molecule has 28 heavy (non-hydrogen) atoms. The third kappa shape index (κ3) is 2.55. The summed E-state index contributed by atoms with van der Waals surface area (Å²) in [4.78, 5) is 37.9. The fraction of sp³-hybridized carbons (Fsp3) is 0.762. The minimum Gasteiger partial charge on any atom is -0.458 e. The van der Waals surface area contributed by atoms with E-state index in [9.17, 15) is 9.59 Å². The molecule has 1 aliphatic carbocycles. The molecule has 7 nitrogen and oxygen atoms in total. The van der Waals surface area contributed by atoms with E-state index in [1.807, 2.05) is 11.2 Å². The summed E-state index contributed by atoms with van der Waals surface area (Å²) in [6, 6.07) is 0. The van der Waals surface area contributed by atoms with Crippen molar-refractivity contribution in [2.45, 2.75) is 69.4 Å². The minimum atomic E-state index is -0.515. The summed E-state index contributed by atoms with van der Waals surface area (Å²) in [7, 11) is 0. The van der Waals surface area contributed by atoms with Crippen molar-refractivity contribution in [1.29, 1.82) is 0 Å². The molecule has 3 fully saturated rings. The normalized spacial score (nSPS) is 28.7. The first-order valence-electron chi connectivity index (χ1n) is 10.9. The number of amides is 1. The fourth-order valence-corrected chi connectivity index (χ4v) is 6.28. The van der Waals surface area contributed by atoms with Gasteiger partial charge in [0.15, 0.2) is 0 Å². The Balaban J connectivity index is 1.35. The number of hydrogen-bond acceptors (Lipinski definition) is 5. The van der Waals surface area contributed by atoms with Gasteiger partial charge in [-0.15, -0.1) is 0 Å². The van der Waals surface area contributed by atoms with Crippen molar-refractivity contribution < 1.29 is 14.3 Å². The molecule has 2 spiro atoms. The number of nitrogens with zero attached hydrogens (tertiary/aromatic N) is 3. The molecular formula is C21H30N4O3. The molecule has 0 bridgehead atoms. The number of likely N-dealkylation sites (tertiary alicyclic amines) is 1.